The van der Waals surface area contributed by atoms with Gasteiger partial charge >= 0.3 is 0 Å². The van der Waals surface area contributed by atoms with E-state index in [2.05, 4.69) is 0 Å². The van der Waals surface area contributed by atoms with Crippen molar-refractivity contribution in [1.82, 2.24) is 0 Å². The normalized spacial score (nSPS) is 10.1. The van der Waals surface area contributed by atoms with E-state index < -0.39 is 10.7 Å². The maximum atomic E-state index is 13.7. The zero-order valence-corrected chi connectivity index (χ0v) is 10.6. The molecular formula is C13H7ClFNO4. The van der Waals surface area contributed by atoms with Crippen molar-refractivity contribution in [2.24, 2.45) is 0 Å². The number of ether oxygens (including phenoxy) is 1. The van der Waals surface area contributed by atoms with Gasteiger partial charge in [0.25, 0.3) is 5.69 Å². The average Bonchev–Trinajstić information content (AvgIpc) is 2.44. The fourth-order valence-electron chi connectivity index (χ4n) is 1.52. The fraction of sp³-hybridized carbons (Fsp3) is 0. The van der Waals surface area contributed by atoms with Gasteiger partial charge in [0, 0.05) is 12.1 Å². The highest BCUT2D eigenvalue weighted by molar-refractivity contribution is 6.30. The van der Waals surface area contributed by atoms with Crippen molar-refractivity contribution in [1.29, 1.82) is 0 Å². The van der Waals surface area contributed by atoms with Crippen LogP contribution in [0.15, 0.2) is 36.4 Å². The summed E-state index contributed by atoms with van der Waals surface area (Å²) in [6.07, 6.45) is 0.394. The number of carbonyl (C=O) groups excluding carboxylic acids is 1. The van der Waals surface area contributed by atoms with E-state index in [9.17, 15) is 19.3 Å². The molecule has 0 amide bonds. The van der Waals surface area contributed by atoms with Gasteiger partial charge in [-0.15, -0.1) is 0 Å². The summed E-state index contributed by atoms with van der Waals surface area (Å²) >= 11 is 5.61. The third kappa shape index (κ3) is 2.75. The van der Waals surface area contributed by atoms with E-state index in [1.54, 1.807) is 0 Å². The third-order valence-corrected chi connectivity index (χ3v) is 2.76. The molecule has 0 N–H and O–H groups in total. The summed E-state index contributed by atoms with van der Waals surface area (Å²) in [5, 5.41) is 10.5. The van der Waals surface area contributed by atoms with Gasteiger partial charge < -0.3 is 4.74 Å². The van der Waals surface area contributed by atoms with Crippen LogP contribution in [0.25, 0.3) is 0 Å². The topological polar surface area (TPSA) is 69.4 Å². The van der Waals surface area contributed by atoms with Gasteiger partial charge in [0.1, 0.15) is 5.75 Å². The Labute approximate surface area is 117 Å². The molecule has 0 aromatic heterocycles. The lowest BCUT2D eigenvalue weighted by atomic mass is 10.2. The summed E-state index contributed by atoms with van der Waals surface area (Å²) in [6.45, 7) is 0. The highest BCUT2D eigenvalue weighted by atomic mass is 35.5. The number of nitro groups is 1. The predicted octanol–water partition coefficient (Wildman–Crippen LogP) is 3.99. The molecule has 0 saturated heterocycles. The molecule has 2 aromatic carbocycles. The van der Waals surface area contributed by atoms with Crippen LogP contribution in [0.1, 0.15) is 10.4 Å². The van der Waals surface area contributed by atoms with Crippen LogP contribution in [-0.2, 0) is 0 Å². The van der Waals surface area contributed by atoms with Gasteiger partial charge in [-0.25, -0.2) is 4.39 Å². The number of nitro benzene ring substituents is 1. The SMILES string of the molecule is O=Cc1cc([N+](=O)[O-])ccc1Oc1cccc(Cl)c1F. The van der Waals surface area contributed by atoms with Crippen LogP contribution in [0.3, 0.4) is 0 Å². The van der Waals surface area contributed by atoms with Crippen LogP contribution >= 0.6 is 11.6 Å². The van der Waals surface area contributed by atoms with E-state index in [-0.39, 0.29) is 27.8 Å². The van der Waals surface area contributed by atoms with E-state index in [0.29, 0.717) is 6.29 Å². The lowest BCUT2D eigenvalue weighted by Gasteiger charge is -2.09. The number of hydrogen-bond donors (Lipinski definition) is 0. The molecule has 0 atom stereocenters. The molecule has 0 saturated carbocycles. The van der Waals surface area contributed by atoms with Gasteiger partial charge in [-0.3, -0.25) is 14.9 Å². The third-order valence-electron chi connectivity index (χ3n) is 2.47. The van der Waals surface area contributed by atoms with Gasteiger partial charge in [-0.05, 0) is 18.2 Å². The number of carbonyl (C=O) groups is 1. The number of benzene rings is 2. The van der Waals surface area contributed by atoms with E-state index in [4.69, 9.17) is 16.3 Å². The first-order chi connectivity index (χ1) is 9.52. The van der Waals surface area contributed by atoms with Crippen LogP contribution in [0.5, 0.6) is 11.5 Å². The van der Waals surface area contributed by atoms with Crippen molar-refractivity contribution < 1.29 is 18.8 Å². The van der Waals surface area contributed by atoms with Gasteiger partial charge in [0.2, 0.25) is 0 Å². The summed E-state index contributed by atoms with van der Waals surface area (Å²) in [7, 11) is 0. The first-order valence-electron chi connectivity index (χ1n) is 5.38. The molecule has 0 unspecified atom stereocenters. The molecule has 0 bridgehead atoms. The highest BCUT2D eigenvalue weighted by Gasteiger charge is 2.14. The molecule has 2 aromatic rings. The highest BCUT2D eigenvalue weighted by Crippen LogP contribution is 2.31. The Bertz CT molecular complexity index is 690. The molecule has 7 heteroatoms. The maximum Gasteiger partial charge on any atom is 0.270 e. The molecule has 2 rings (SSSR count). The lowest BCUT2D eigenvalue weighted by Crippen LogP contribution is -1.95. The minimum atomic E-state index is -0.774. The Hall–Kier alpha value is -2.47. The van der Waals surface area contributed by atoms with Crippen molar-refractivity contribution >= 4 is 23.6 Å². The number of rotatable bonds is 4. The average molecular weight is 296 g/mol. The molecule has 0 fully saturated rings. The Morgan fingerprint density at radius 1 is 1.25 bits per heavy atom. The first kappa shape index (κ1) is 14.0. The summed E-state index contributed by atoms with van der Waals surface area (Å²) in [6, 6.07) is 7.59. The Kier molecular flexibility index (Phi) is 3.95. The molecule has 0 radical (unpaired) electrons. The summed E-state index contributed by atoms with van der Waals surface area (Å²) in [5.41, 5.74) is -0.315. The smallest absolute Gasteiger partial charge is 0.270 e. The Morgan fingerprint density at radius 2 is 2.00 bits per heavy atom. The fourth-order valence-corrected chi connectivity index (χ4v) is 1.68. The number of halogens is 2. The van der Waals surface area contributed by atoms with Gasteiger partial charge in [0.05, 0.1) is 15.5 Å². The monoisotopic (exact) mass is 295 g/mol. The number of non-ortho nitro benzene ring substituents is 1. The summed E-state index contributed by atoms with van der Waals surface area (Å²) in [4.78, 5) is 20.9. The molecule has 0 aliphatic heterocycles. The van der Waals surface area contributed by atoms with Gasteiger partial charge in [0.15, 0.2) is 17.9 Å². The van der Waals surface area contributed by atoms with Crippen LogP contribution in [0.2, 0.25) is 5.02 Å². The lowest BCUT2D eigenvalue weighted by molar-refractivity contribution is -0.384. The first-order valence-corrected chi connectivity index (χ1v) is 5.76. The zero-order chi connectivity index (χ0) is 14.7. The summed E-state index contributed by atoms with van der Waals surface area (Å²) < 4.78 is 18.9. The predicted molar refractivity (Wildman–Crippen MR) is 70.0 cm³/mol. The second-order valence-corrected chi connectivity index (χ2v) is 4.16. The molecule has 20 heavy (non-hydrogen) atoms. The maximum absolute atomic E-state index is 13.7. The quantitative estimate of drug-likeness (QED) is 0.486. The van der Waals surface area contributed by atoms with Crippen molar-refractivity contribution in [3.8, 4) is 11.5 Å². The summed E-state index contributed by atoms with van der Waals surface area (Å²) in [5.74, 6) is -0.939. The Balaban J connectivity index is 2.41. The minimum Gasteiger partial charge on any atom is -0.453 e. The Morgan fingerprint density at radius 3 is 2.65 bits per heavy atom. The molecular weight excluding hydrogens is 289 g/mol. The van der Waals surface area contributed by atoms with Crippen LogP contribution in [0, 0.1) is 15.9 Å². The zero-order valence-electron chi connectivity index (χ0n) is 9.88. The van der Waals surface area contributed by atoms with E-state index in [0.717, 1.165) is 12.1 Å². The molecule has 0 heterocycles. The van der Waals surface area contributed by atoms with E-state index in [1.807, 2.05) is 0 Å². The van der Waals surface area contributed by atoms with Gasteiger partial charge in [-0.2, -0.15) is 0 Å². The minimum absolute atomic E-state index is 0.00627. The van der Waals surface area contributed by atoms with Crippen molar-refractivity contribution in [2.75, 3.05) is 0 Å². The molecule has 102 valence electrons. The van der Waals surface area contributed by atoms with Crippen molar-refractivity contribution in [3.63, 3.8) is 0 Å². The second kappa shape index (κ2) is 5.66. The second-order valence-electron chi connectivity index (χ2n) is 3.75. The van der Waals surface area contributed by atoms with Crippen molar-refractivity contribution in [2.45, 2.75) is 0 Å². The molecule has 0 aliphatic carbocycles. The largest absolute Gasteiger partial charge is 0.453 e. The van der Waals surface area contributed by atoms with Crippen LogP contribution < -0.4 is 4.74 Å². The number of hydrogen-bond acceptors (Lipinski definition) is 4. The van der Waals surface area contributed by atoms with E-state index in [1.165, 1.54) is 24.3 Å². The van der Waals surface area contributed by atoms with Crippen molar-refractivity contribution in [3.05, 3.63) is 62.9 Å². The molecule has 0 aliphatic rings. The van der Waals surface area contributed by atoms with Crippen LogP contribution in [-0.4, -0.2) is 11.2 Å². The standard InChI is InChI=1S/C13H7ClFNO4/c14-10-2-1-3-12(13(10)15)20-11-5-4-9(16(18)19)6-8(11)7-17/h1-7H. The van der Waals surface area contributed by atoms with Gasteiger partial charge in [-0.1, -0.05) is 17.7 Å². The number of nitrogens with zero attached hydrogens (tertiary/aromatic N) is 1. The van der Waals surface area contributed by atoms with Crippen LogP contribution in [0.4, 0.5) is 10.1 Å². The molecule has 0 spiro atoms. The molecule has 5 nitrogen and oxygen atoms in total. The van der Waals surface area contributed by atoms with E-state index >= 15 is 0 Å². The number of aldehydes is 1.